The van der Waals surface area contributed by atoms with Crippen LogP contribution in [-0.4, -0.2) is 20.5 Å². The van der Waals surface area contributed by atoms with Gasteiger partial charge in [0.05, 0.1) is 6.42 Å². The van der Waals surface area contributed by atoms with Crippen molar-refractivity contribution in [3.8, 4) is 0 Å². The van der Waals surface area contributed by atoms with Gasteiger partial charge in [-0.25, -0.2) is 9.67 Å². The second-order valence-electron chi connectivity index (χ2n) is 5.50. The van der Waals surface area contributed by atoms with Crippen LogP contribution in [-0.2, 0) is 17.8 Å². The molecule has 0 saturated heterocycles. The Morgan fingerprint density at radius 3 is 2.78 bits per heavy atom. The molecule has 1 fully saturated rings. The normalized spacial score (nSPS) is 24.1. The number of hydrogen-bond acceptors (Lipinski definition) is 3. The van der Waals surface area contributed by atoms with E-state index < -0.39 is 0 Å². The van der Waals surface area contributed by atoms with Gasteiger partial charge in [0.2, 0.25) is 0 Å². The lowest BCUT2D eigenvalue weighted by molar-refractivity contribution is -0.123. The average molecular weight is 249 g/mol. The first-order valence-corrected chi connectivity index (χ1v) is 7.10. The van der Waals surface area contributed by atoms with Crippen molar-refractivity contribution in [2.45, 2.75) is 58.9 Å². The summed E-state index contributed by atoms with van der Waals surface area (Å²) in [5.74, 6) is 2.23. The predicted molar refractivity (Wildman–Crippen MR) is 70.1 cm³/mol. The first-order valence-electron chi connectivity index (χ1n) is 7.10. The zero-order valence-electron chi connectivity index (χ0n) is 11.4. The molecule has 18 heavy (non-hydrogen) atoms. The van der Waals surface area contributed by atoms with Gasteiger partial charge in [-0.05, 0) is 25.2 Å². The number of ketones is 1. The van der Waals surface area contributed by atoms with Gasteiger partial charge < -0.3 is 0 Å². The summed E-state index contributed by atoms with van der Waals surface area (Å²) in [6.07, 6.45) is 7.53. The highest BCUT2D eigenvalue weighted by atomic mass is 16.1. The largest absolute Gasteiger partial charge is 0.299 e. The molecular weight excluding hydrogens is 226 g/mol. The zero-order valence-corrected chi connectivity index (χ0v) is 11.4. The van der Waals surface area contributed by atoms with Crippen molar-refractivity contribution < 1.29 is 4.79 Å². The Hall–Kier alpha value is -1.19. The van der Waals surface area contributed by atoms with E-state index in [1.165, 1.54) is 12.8 Å². The molecule has 1 saturated carbocycles. The second kappa shape index (κ2) is 6.12. The molecule has 0 atom stereocenters. The van der Waals surface area contributed by atoms with Crippen LogP contribution < -0.4 is 0 Å². The van der Waals surface area contributed by atoms with Gasteiger partial charge in [0.25, 0.3) is 0 Å². The highest BCUT2D eigenvalue weighted by Crippen LogP contribution is 2.29. The smallest absolute Gasteiger partial charge is 0.143 e. The van der Waals surface area contributed by atoms with Crippen molar-refractivity contribution in [2.24, 2.45) is 11.8 Å². The van der Waals surface area contributed by atoms with Crippen molar-refractivity contribution >= 4 is 5.78 Å². The van der Waals surface area contributed by atoms with Crippen LogP contribution >= 0.6 is 0 Å². The highest BCUT2D eigenvalue weighted by Gasteiger charge is 2.25. The highest BCUT2D eigenvalue weighted by molar-refractivity contribution is 5.82. The van der Waals surface area contributed by atoms with E-state index in [1.807, 2.05) is 4.68 Å². The minimum Gasteiger partial charge on any atom is -0.299 e. The molecule has 0 amide bonds. The van der Waals surface area contributed by atoms with E-state index in [0.717, 1.165) is 37.5 Å². The molecule has 0 N–H and O–H groups in total. The van der Waals surface area contributed by atoms with E-state index in [0.29, 0.717) is 12.2 Å². The molecule has 2 rings (SSSR count). The number of aromatic nitrogens is 3. The summed E-state index contributed by atoms with van der Waals surface area (Å²) in [6, 6.07) is 0. The summed E-state index contributed by atoms with van der Waals surface area (Å²) in [7, 11) is 0. The first-order chi connectivity index (χ1) is 8.70. The predicted octanol–water partition coefficient (Wildman–Crippen LogP) is 2.63. The van der Waals surface area contributed by atoms with Crippen LogP contribution in [0.2, 0.25) is 0 Å². The maximum absolute atomic E-state index is 12.2. The van der Waals surface area contributed by atoms with E-state index in [9.17, 15) is 4.79 Å². The summed E-state index contributed by atoms with van der Waals surface area (Å²) >= 11 is 0. The fourth-order valence-corrected chi connectivity index (χ4v) is 2.71. The molecule has 0 aromatic carbocycles. The number of Topliss-reactive ketones (excluding diaryl/α,β-unsaturated/α-hetero) is 1. The van der Waals surface area contributed by atoms with Crippen molar-refractivity contribution in [1.82, 2.24) is 14.8 Å². The van der Waals surface area contributed by atoms with Crippen molar-refractivity contribution in [2.75, 3.05) is 0 Å². The van der Waals surface area contributed by atoms with Gasteiger partial charge in [-0.15, -0.1) is 0 Å². The monoisotopic (exact) mass is 249 g/mol. The number of hydrogen-bond donors (Lipinski definition) is 0. The Balaban J connectivity index is 1.92. The Morgan fingerprint density at radius 1 is 1.39 bits per heavy atom. The minimum atomic E-state index is 0.257. The molecule has 1 aliphatic rings. The third kappa shape index (κ3) is 3.18. The average Bonchev–Trinajstić information content (AvgIpc) is 2.78. The van der Waals surface area contributed by atoms with E-state index >= 15 is 0 Å². The lowest BCUT2D eigenvalue weighted by Crippen LogP contribution is -2.23. The fraction of sp³-hybridized carbons (Fsp3) is 0.786. The molecule has 1 heterocycles. The van der Waals surface area contributed by atoms with E-state index in [1.54, 1.807) is 6.33 Å². The molecule has 1 aromatic rings. The van der Waals surface area contributed by atoms with Crippen LogP contribution in [0.5, 0.6) is 0 Å². The Kier molecular flexibility index (Phi) is 4.50. The van der Waals surface area contributed by atoms with Crippen LogP contribution in [0.4, 0.5) is 0 Å². The summed E-state index contributed by atoms with van der Waals surface area (Å²) < 4.78 is 1.86. The Labute approximate surface area is 109 Å². The minimum absolute atomic E-state index is 0.257. The lowest BCUT2D eigenvalue weighted by Gasteiger charge is -2.24. The number of nitrogens with zero attached hydrogens (tertiary/aromatic N) is 3. The molecule has 1 aliphatic carbocycles. The number of carbonyl (C=O) groups is 1. The number of carbonyl (C=O) groups excluding carboxylic acids is 1. The molecule has 1 aromatic heterocycles. The van der Waals surface area contributed by atoms with Gasteiger partial charge in [-0.3, -0.25) is 4.79 Å². The summed E-state index contributed by atoms with van der Waals surface area (Å²) in [4.78, 5) is 16.5. The van der Waals surface area contributed by atoms with Crippen LogP contribution in [0, 0.1) is 11.8 Å². The van der Waals surface area contributed by atoms with E-state index in [2.05, 4.69) is 23.9 Å². The van der Waals surface area contributed by atoms with Gasteiger partial charge in [0, 0.05) is 12.5 Å². The fourth-order valence-electron chi connectivity index (χ4n) is 2.71. The third-order valence-electron chi connectivity index (χ3n) is 3.93. The van der Waals surface area contributed by atoms with Gasteiger partial charge in [0.1, 0.15) is 17.9 Å². The van der Waals surface area contributed by atoms with Gasteiger partial charge in [-0.1, -0.05) is 26.7 Å². The Morgan fingerprint density at radius 2 is 2.11 bits per heavy atom. The summed E-state index contributed by atoms with van der Waals surface area (Å²) in [5.41, 5.74) is 0. The van der Waals surface area contributed by atoms with Gasteiger partial charge in [-0.2, -0.15) is 5.10 Å². The van der Waals surface area contributed by atoms with Crippen LogP contribution in [0.3, 0.4) is 0 Å². The molecule has 100 valence electrons. The van der Waals surface area contributed by atoms with Crippen molar-refractivity contribution in [3.05, 3.63) is 12.2 Å². The molecule has 0 spiro atoms. The van der Waals surface area contributed by atoms with Crippen LogP contribution in [0.25, 0.3) is 0 Å². The molecule has 4 heteroatoms. The number of rotatable bonds is 5. The Bertz CT molecular complexity index is 391. The maximum Gasteiger partial charge on any atom is 0.143 e. The first kappa shape index (κ1) is 13.2. The second-order valence-corrected chi connectivity index (χ2v) is 5.50. The maximum atomic E-state index is 12.2. The van der Waals surface area contributed by atoms with Crippen molar-refractivity contribution in [3.63, 3.8) is 0 Å². The quantitative estimate of drug-likeness (QED) is 0.806. The third-order valence-corrected chi connectivity index (χ3v) is 3.93. The molecule has 0 bridgehead atoms. The topological polar surface area (TPSA) is 47.8 Å². The SMILES string of the molecule is CCCn1ncnc1CC(=O)C1CCC(C)CC1. The summed E-state index contributed by atoms with van der Waals surface area (Å²) in [5, 5.41) is 4.17. The molecular formula is C14H23N3O. The molecule has 0 aliphatic heterocycles. The van der Waals surface area contributed by atoms with E-state index in [-0.39, 0.29) is 5.92 Å². The summed E-state index contributed by atoms with van der Waals surface area (Å²) in [6.45, 7) is 5.23. The standard InChI is InChI=1S/C14H23N3O/c1-3-8-17-14(15-10-16-17)9-13(18)12-6-4-11(2)5-7-12/h10-12H,3-9H2,1-2H3. The van der Waals surface area contributed by atoms with Crippen molar-refractivity contribution in [1.29, 1.82) is 0 Å². The van der Waals surface area contributed by atoms with Crippen LogP contribution in [0.15, 0.2) is 6.33 Å². The molecule has 0 radical (unpaired) electrons. The van der Waals surface area contributed by atoms with Gasteiger partial charge in [0.15, 0.2) is 0 Å². The zero-order chi connectivity index (χ0) is 13.0. The molecule has 0 unspecified atom stereocenters. The molecule has 4 nitrogen and oxygen atoms in total. The number of aryl methyl sites for hydroxylation is 1. The van der Waals surface area contributed by atoms with E-state index in [4.69, 9.17) is 0 Å². The lowest BCUT2D eigenvalue weighted by atomic mass is 9.80. The van der Waals surface area contributed by atoms with Crippen LogP contribution in [0.1, 0.15) is 51.8 Å². The van der Waals surface area contributed by atoms with Gasteiger partial charge >= 0.3 is 0 Å².